The predicted octanol–water partition coefficient (Wildman–Crippen LogP) is 1.91. The minimum Gasteiger partial charge on any atom is -0.490 e. The van der Waals surface area contributed by atoms with Gasteiger partial charge in [0.2, 0.25) is 0 Å². The van der Waals surface area contributed by atoms with E-state index in [2.05, 4.69) is 29.0 Å². The molecule has 104 valence electrons. The van der Waals surface area contributed by atoms with Crippen molar-refractivity contribution in [1.82, 2.24) is 10.3 Å². The van der Waals surface area contributed by atoms with E-state index in [1.165, 1.54) is 0 Å². The van der Waals surface area contributed by atoms with Gasteiger partial charge in [0, 0.05) is 31.9 Å². The van der Waals surface area contributed by atoms with Crippen molar-refractivity contribution in [2.45, 2.75) is 26.3 Å². The van der Waals surface area contributed by atoms with Crippen LogP contribution in [0.4, 0.5) is 5.82 Å². The van der Waals surface area contributed by atoms with Crippen molar-refractivity contribution < 1.29 is 4.74 Å². The number of rotatable bonds is 4. The fourth-order valence-corrected chi connectivity index (χ4v) is 3.37. The molecule has 1 aromatic rings. The average molecular weight is 261 g/mol. The van der Waals surface area contributed by atoms with Gasteiger partial charge in [-0.25, -0.2) is 4.98 Å². The molecule has 0 saturated carbocycles. The van der Waals surface area contributed by atoms with Gasteiger partial charge >= 0.3 is 0 Å². The van der Waals surface area contributed by atoms with E-state index in [4.69, 9.17) is 4.74 Å². The number of hydrogen-bond acceptors (Lipinski definition) is 4. The summed E-state index contributed by atoms with van der Waals surface area (Å²) in [5, 5.41) is 3.50. The normalized spacial score (nSPS) is 29.6. The Hall–Kier alpha value is -1.29. The van der Waals surface area contributed by atoms with E-state index in [0.29, 0.717) is 6.04 Å². The van der Waals surface area contributed by atoms with Gasteiger partial charge in [-0.1, -0.05) is 6.92 Å². The maximum absolute atomic E-state index is 5.85. The third kappa shape index (κ3) is 2.29. The van der Waals surface area contributed by atoms with Crippen LogP contribution in [-0.2, 0) is 0 Å². The molecule has 2 aliphatic rings. The summed E-state index contributed by atoms with van der Waals surface area (Å²) in [6.07, 6.45) is 2.90. The quantitative estimate of drug-likeness (QED) is 0.898. The molecule has 1 N–H and O–H groups in total. The van der Waals surface area contributed by atoms with Crippen LogP contribution in [-0.4, -0.2) is 37.3 Å². The van der Waals surface area contributed by atoms with Crippen LogP contribution in [0.3, 0.4) is 0 Å². The van der Waals surface area contributed by atoms with E-state index in [1.54, 1.807) is 0 Å². The Morgan fingerprint density at radius 1 is 1.47 bits per heavy atom. The van der Waals surface area contributed by atoms with E-state index in [0.717, 1.165) is 56.1 Å². The predicted molar refractivity (Wildman–Crippen MR) is 76.7 cm³/mol. The molecule has 19 heavy (non-hydrogen) atoms. The van der Waals surface area contributed by atoms with Crippen molar-refractivity contribution in [2.24, 2.45) is 11.8 Å². The number of ether oxygens (including phenoxy) is 1. The molecule has 0 aliphatic carbocycles. The van der Waals surface area contributed by atoms with Gasteiger partial charge in [-0.2, -0.15) is 0 Å². The first-order chi connectivity index (χ1) is 9.31. The first-order valence-corrected chi connectivity index (χ1v) is 7.36. The lowest BCUT2D eigenvalue weighted by Crippen LogP contribution is -2.34. The van der Waals surface area contributed by atoms with Crippen molar-refractivity contribution in [1.29, 1.82) is 0 Å². The molecule has 4 nitrogen and oxygen atoms in total. The molecule has 0 spiro atoms. The summed E-state index contributed by atoms with van der Waals surface area (Å²) >= 11 is 0. The van der Waals surface area contributed by atoms with Gasteiger partial charge in [0.05, 0.1) is 6.61 Å². The Labute approximate surface area is 115 Å². The molecule has 0 aromatic carbocycles. The molecule has 3 heterocycles. The molecular weight excluding hydrogens is 238 g/mol. The molecule has 2 saturated heterocycles. The van der Waals surface area contributed by atoms with Crippen molar-refractivity contribution in [3.8, 4) is 5.75 Å². The summed E-state index contributed by atoms with van der Waals surface area (Å²) in [5.74, 6) is 3.47. The Balaban J connectivity index is 1.82. The second-order valence-electron chi connectivity index (χ2n) is 5.65. The van der Waals surface area contributed by atoms with Crippen molar-refractivity contribution >= 4 is 5.82 Å². The van der Waals surface area contributed by atoms with Crippen LogP contribution >= 0.6 is 0 Å². The van der Waals surface area contributed by atoms with Crippen LogP contribution in [0.15, 0.2) is 18.3 Å². The lowest BCUT2D eigenvalue weighted by atomic mass is 9.95. The largest absolute Gasteiger partial charge is 0.490 e. The van der Waals surface area contributed by atoms with Gasteiger partial charge < -0.3 is 15.0 Å². The monoisotopic (exact) mass is 261 g/mol. The van der Waals surface area contributed by atoms with E-state index in [9.17, 15) is 0 Å². The fraction of sp³-hybridized carbons (Fsp3) is 0.667. The second-order valence-corrected chi connectivity index (χ2v) is 5.65. The van der Waals surface area contributed by atoms with Crippen LogP contribution in [0.5, 0.6) is 5.75 Å². The molecule has 0 bridgehead atoms. The molecule has 0 radical (unpaired) electrons. The van der Waals surface area contributed by atoms with Gasteiger partial charge in [0.1, 0.15) is 0 Å². The van der Waals surface area contributed by atoms with E-state index in [-0.39, 0.29) is 0 Å². The fourth-order valence-electron chi connectivity index (χ4n) is 3.37. The molecule has 3 unspecified atom stereocenters. The summed E-state index contributed by atoms with van der Waals surface area (Å²) in [6, 6.07) is 4.54. The van der Waals surface area contributed by atoms with E-state index in [1.807, 2.05) is 18.3 Å². The minimum absolute atomic E-state index is 0.541. The number of anilines is 1. The Kier molecular flexibility index (Phi) is 3.60. The summed E-state index contributed by atoms with van der Waals surface area (Å²) in [5.41, 5.74) is 0. The first kappa shape index (κ1) is 12.7. The Bertz CT molecular complexity index is 437. The Morgan fingerprint density at radius 2 is 2.37 bits per heavy atom. The summed E-state index contributed by atoms with van der Waals surface area (Å²) < 4.78 is 5.85. The third-order valence-electron chi connectivity index (χ3n) is 4.42. The summed E-state index contributed by atoms with van der Waals surface area (Å²) in [4.78, 5) is 7.00. The second kappa shape index (κ2) is 5.37. The SMILES string of the molecule is CCCOc1cccnc1N1CC2CNCC2C1C. The maximum Gasteiger partial charge on any atom is 0.171 e. The van der Waals surface area contributed by atoms with Crippen molar-refractivity contribution in [3.05, 3.63) is 18.3 Å². The minimum atomic E-state index is 0.541. The number of aromatic nitrogens is 1. The third-order valence-corrected chi connectivity index (χ3v) is 4.42. The first-order valence-electron chi connectivity index (χ1n) is 7.36. The van der Waals surface area contributed by atoms with E-state index >= 15 is 0 Å². The lowest BCUT2D eigenvalue weighted by molar-refractivity contribution is 0.316. The number of nitrogens with zero attached hydrogens (tertiary/aromatic N) is 2. The van der Waals surface area contributed by atoms with Crippen LogP contribution in [0.25, 0.3) is 0 Å². The van der Waals surface area contributed by atoms with Gasteiger partial charge in [-0.15, -0.1) is 0 Å². The van der Waals surface area contributed by atoms with Crippen LogP contribution < -0.4 is 15.0 Å². The molecule has 2 aliphatic heterocycles. The zero-order valence-corrected chi connectivity index (χ0v) is 11.8. The number of pyridine rings is 1. The molecule has 3 rings (SSSR count). The number of fused-ring (bicyclic) bond motifs is 1. The average Bonchev–Trinajstić information content (AvgIpc) is 3.00. The number of hydrogen-bond donors (Lipinski definition) is 1. The van der Waals surface area contributed by atoms with Gasteiger partial charge in [-0.05, 0) is 37.3 Å². The van der Waals surface area contributed by atoms with Crippen LogP contribution in [0.1, 0.15) is 20.3 Å². The zero-order chi connectivity index (χ0) is 13.2. The highest BCUT2D eigenvalue weighted by molar-refractivity contribution is 5.54. The molecule has 0 amide bonds. The smallest absolute Gasteiger partial charge is 0.171 e. The topological polar surface area (TPSA) is 37.4 Å². The molecule has 2 fully saturated rings. The van der Waals surface area contributed by atoms with Gasteiger partial charge in [0.15, 0.2) is 11.6 Å². The van der Waals surface area contributed by atoms with E-state index < -0.39 is 0 Å². The van der Waals surface area contributed by atoms with Gasteiger partial charge in [0.25, 0.3) is 0 Å². The highest BCUT2D eigenvalue weighted by Crippen LogP contribution is 2.38. The standard InChI is InChI=1S/C15H23N3O/c1-3-7-19-14-5-4-6-17-15(14)18-10-12-8-16-9-13(12)11(18)2/h4-6,11-13,16H,3,7-10H2,1-2H3. The highest BCUT2D eigenvalue weighted by Gasteiger charge is 2.42. The van der Waals surface area contributed by atoms with Crippen molar-refractivity contribution in [3.63, 3.8) is 0 Å². The zero-order valence-electron chi connectivity index (χ0n) is 11.8. The van der Waals surface area contributed by atoms with Crippen LogP contribution in [0.2, 0.25) is 0 Å². The molecule has 1 aromatic heterocycles. The summed E-state index contributed by atoms with van der Waals surface area (Å²) in [7, 11) is 0. The van der Waals surface area contributed by atoms with Gasteiger partial charge in [-0.3, -0.25) is 0 Å². The molecule has 4 heteroatoms. The van der Waals surface area contributed by atoms with Crippen LogP contribution in [0, 0.1) is 11.8 Å². The lowest BCUT2D eigenvalue weighted by Gasteiger charge is -2.27. The Morgan fingerprint density at radius 3 is 3.16 bits per heavy atom. The maximum atomic E-state index is 5.85. The highest BCUT2D eigenvalue weighted by atomic mass is 16.5. The van der Waals surface area contributed by atoms with Crippen molar-refractivity contribution in [2.75, 3.05) is 31.1 Å². The molecule has 3 atom stereocenters. The summed E-state index contributed by atoms with van der Waals surface area (Å²) in [6.45, 7) is 8.58. The molecular formula is C15H23N3O. The number of nitrogens with one attached hydrogen (secondary N) is 1.